The van der Waals surface area contributed by atoms with Crippen molar-refractivity contribution in [3.05, 3.63) is 84.2 Å². The number of benzene rings is 1. The lowest BCUT2D eigenvalue weighted by molar-refractivity contribution is 0.248. The van der Waals surface area contributed by atoms with E-state index in [0.29, 0.717) is 0 Å². The fourth-order valence-electron chi connectivity index (χ4n) is 2.87. The van der Waals surface area contributed by atoms with Crippen LogP contribution in [0.1, 0.15) is 23.1 Å². The molecule has 5 nitrogen and oxygen atoms in total. The molecule has 0 atom stereocenters. The highest BCUT2D eigenvalue weighted by Gasteiger charge is 2.10. The molecule has 0 amide bonds. The van der Waals surface area contributed by atoms with E-state index < -0.39 is 0 Å². The predicted octanol–water partition coefficient (Wildman–Crippen LogP) is 3.24. The van der Waals surface area contributed by atoms with E-state index >= 15 is 0 Å². The van der Waals surface area contributed by atoms with E-state index in [1.165, 1.54) is 5.56 Å². The Bertz CT molecular complexity index is 806. The minimum absolute atomic E-state index is 0.744. The van der Waals surface area contributed by atoms with Gasteiger partial charge in [-0.25, -0.2) is 4.98 Å². The van der Waals surface area contributed by atoms with E-state index in [1.54, 1.807) is 12.4 Å². The largest absolute Gasteiger partial charge is 0.337 e. The van der Waals surface area contributed by atoms with Gasteiger partial charge in [0.25, 0.3) is 0 Å². The number of rotatable bonds is 8. The lowest BCUT2D eigenvalue weighted by Gasteiger charge is -2.23. The summed E-state index contributed by atoms with van der Waals surface area (Å²) in [6, 6.07) is 14.2. The predicted molar refractivity (Wildman–Crippen MR) is 96.4 cm³/mol. The average Bonchev–Trinajstić information content (AvgIpc) is 3.16. The number of aromatic nitrogens is 3. The molecule has 0 aliphatic rings. The molecule has 0 aliphatic heterocycles. The Hall–Kier alpha value is -2.97. The molecule has 2 heterocycles. The summed E-state index contributed by atoms with van der Waals surface area (Å²) in [6.07, 6.45) is 10.3. The van der Waals surface area contributed by atoms with Crippen LogP contribution in [0.2, 0.25) is 0 Å². The van der Waals surface area contributed by atoms with E-state index in [2.05, 4.69) is 31.6 Å². The summed E-state index contributed by atoms with van der Waals surface area (Å²) in [5.41, 5.74) is 2.99. The quantitative estimate of drug-likeness (QED) is 0.636. The van der Waals surface area contributed by atoms with Gasteiger partial charge in [0.05, 0.1) is 18.0 Å². The molecule has 0 unspecified atom stereocenters. The molecule has 126 valence electrons. The fourth-order valence-corrected chi connectivity index (χ4v) is 2.87. The van der Waals surface area contributed by atoms with Crippen molar-refractivity contribution in [1.82, 2.24) is 19.4 Å². The summed E-state index contributed by atoms with van der Waals surface area (Å²) >= 11 is 0. The zero-order valence-corrected chi connectivity index (χ0v) is 14.1. The Morgan fingerprint density at radius 3 is 2.72 bits per heavy atom. The third-order valence-corrected chi connectivity index (χ3v) is 4.11. The summed E-state index contributed by atoms with van der Waals surface area (Å²) < 4.78 is 2.09. The monoisotopic (exact) mass is 331 g/mol. The highest BCUT2D eigenvalue weighted by atomic mass is 15.1. The molecule has 5 heteroatoms. The van der Waals surface area contributed by atoms with Crippen LogP contribution in [0.3, 0.4) is 0 Å². The Kier molecular flexibility index (Phi) is 5.91. The number of hydrogen-bond donors (Lipinski definition) is 0. The smallest absolute Gasteiger partial charge is 0.0995 e. The third kappa shape index (κ3) is 5.00. The molecule has 3 aromatic rings. The molecule has 25 heavy (non-hydrogen) atoms. The number of hydrogen-bond acceptors (Lipinski definition) is 4. The van der Waals surface area contributed by atoms with Crippen LogP contribution in [0, 0.1) is 11.3 Å². The lowest BCUT2D eigenvalue weighted by atomic mass is 10.1. The number of pyridine rings is 1. The first kappa shape index (κ1) is 16.9. The highest BCUT2D eigenvalue weighted by molar-refractivity contribution is 5.37. The molecule has 0 N–H and O–H groups in total. The zero-order valence-electron chi connectivity index (χ0n) is 14.1. The van der Waals surface area contributed by atoms with Gasteiger partial charge in [0.2, 0.25) is 0 Å². The first-order chi connectivity index (χ1) is 12.3. The van der Waals surface area contributed by atoms with Gasteiger partial charge in [-0.3, -0.25) is 9.88 Å². The first-order valence-corrected chi connectivity index (χ1v) is 8.40. The molecule has 0 fully saturated rings. The molecule has 0 aliphatic carbocycles. The van der Waals surface area contributed by atoms with Gasteiger partial charge in [-0.15, -0.1) is 0 Å². The van der Waals surface area contributed by atoms with Crippen molar-refractivity contribution >= 4 is 0 Å². The van der Waals surface area contributed by atoms with Crippen molar-refractivity contribution < 1.29 is 0 Å². The third-order valence-electron chi connectivity index (χ3n) is 4.11. The summed E-state index contributed by atoms with van der Waals surface area (Å²) in [7, 11) is 0. The molecule has 1 aromatic carbocycles. The van der Waals surface area contributed by atoms with Crippen LogP contribution in [-0.2, 0) is 19.6 Å². The Labute approximate surface area is 148 Å². The molecule has 3 rings (SSSR count). The van der Waals surface area contributed by atoms with Crippen LogP contribution in [0.25, 0.3) is 0 Å². The summed E-state index contributed by atoms with van der Waals surface area (Å²) in [5.74, 6) is 0. The number of aryl methyl sites for hydroxylation is 1. The van der Waals surface area contributed by atoms with Crippen molar-refractivity contribution in [1.29, 1.82) is 5.26 Å². The number of nitriles is 1. The SMILES string of the molecule is N#Cc1ccccc1CN(CCCn1ccnc1)Cc1cccnc1. The zero-order chi connectivity index (χ0) is 17.3. The maximum atomic E-state index is 9.33. The second-order valence-electron chi connectivity index (χ2n) is 5.99. The molecular formula is C20H21N5. The van der Waals surface area contributed by atoms with Crippen molar-refractivity contribution in [2.45, 2.75) is 26.1 Å². The number of nitrogens with zero attached hydrogens (tertiary/aromatic N) is 5. The van der Waals surface area contributed by atoms with Gasteiger partial charge in [-0.2, -0.15) is 5.26 Å². The van der Waals surface area contributed by atoms with E-state index in [0.717, 1.165) is 43.7 Å². The molecule has 2 aromatic heterocycles. The van der Waals surface area contributed by atoms with Crippen molar-refractivity contribution in [2.75, 3.05) is 6.54 Å². The van der Waals surface area contributed by atoms with Gasteiger partial charge in [0.15, 0.2) is 0 Å². The molecule has 0 saturated carbocycles. The van der Waals surface area contributed by atoms with Gasteiger partial charge < -0.3 is 4.57 Å². The minimum Gasteiger partial charge on any atom is -0.337 e. The van der Waals surface area contributed by atoms with E-state index in [9.17, 15) is 5.26 Å². The summed E-state index contributed by atoms with van der Waals surface area (Å²) in [5, 5.41) is 9.33. The van der Waals surface area contributed by atoms with Gasteiger partial charge >= 0.3 is 0 Å². The standard InChI is InChI=1S/C20H21N5/c21-13-19-6-1-2-7-20(19)16-25(15-18-5-3-8-22-14-18)11-4-10-24-12-9-23-17-24/h1-3,5-9,12,14,17H,4,10-11,15-16H2. The van der Waals surface area contributed by atoms with Gasteiger partial charge in [-0.1, -0.05) is 24.3 Å². The molecular weight excluding hydrogens is 310 g/mol. The van der Waals surface area contributed by atoms with Crippen molar-refractivity contribution in [3.8, 4) is 6.07 Å². The van der Waals surface area contributed by atoms with E-state index in [1.807, 2.05) is 49.1 Å². The normalized spacial score (nSPS) is 10.7. The Balaban J connectivity index is 1.68. The Morgan fingerprint density at radius 1 is 1.04 bits per heavy atom. The van der Waals surface area contributed by atoms with Crippen LogP contribution in [0.4, 0.5) is 0 Å². The van der Waals surface area contributed by atoms with Crippen LogP contribution in [-0.4, -0.2) is 26.0 Å². The van der Waals surface area contributed by atoms with Crippen LogP contribution in [0.15, 0.2) is 67.5 Å². The summed E-state index contributed by atoms with van der Waals surface area (Å²) in [4.78, 5) is 10.7. The van der Waals surface area contributed by atoms with Crippen molar-refractivity contribution in [3.63, 3.8) is 0 Å². The van der Waals surface area contributed by atoms with Crippen LogP contribution < -0.4 is 0 Å². The second-order valence-corrected chi connectivity index (χ2v) is 5.99. The molecule has 0 saturated heterocycles. The first-order valence-electron chi connectivity index (χ1n) is 8.40. The molecule has 0 bridgehead atoms. The van der Waals surface area contributed by atoms with Crippen molar-refractivity contribution in [2.24, 2.45) is 0 Å². The van der Waals surface area contributed by atoms with Gasteiger partial charge in [-0.05, 0) is 29.7 Å². The van der Waals surface area contributed by atoms with E-state index in [-0.39, 0.29) is 0 Å². The van der Waals surface area contributed by atoms with E-state index in [4.69, 9.17) is 0 Å². The Morgan fingerprint density at radius 2 is 1.96 bits per heavy atom. The van der Waals surface area contributed by atoms with Crippen LogP contribution in [0.5, 0.6) is 0 Å². The second kappa shape index (κ2) is 8.76. The van der Waals surface area contributed by atoms with Gasteiger partial charge in [0.1, 0.15) is 0 Å². The molecule has 0 spiro atoms. The maximum Gasteiger partial charge on any atom is 0.0995 e. The topological polar surface area (TPSA) is 57.7 Å². The summed E-state index contributed by atoms with van der Waals surface area (Å²) in [6.45, 7) is 3.44. The fraction of sp³-hybridized carbons (Fsp3) is 0.250. The number of imidazole rings is 1. The molecule has 0 radical (unpaired) electrons. The lowest BCUT2D eigenvalue weighted by Crippen LogP contribution is -2.25. The highest BCUT2D eigenvalue weighted by Crippen LogP contribution is 2.14. The van der Waals surface area contributed by atoms with Crippen LogP contribution >= 0.6 is 0 Å². The van der Waals surface area contributed by atoms with Gasteiger partial charge in [0, 0.05) is 51.0 Å². The maximum absolute atomic E-state index is 9.33. The average molecular weight is 331 g/mol. The minimum atomic E-state index is 0.744.